The van der Waals surface area contributed by atoms with Gasteiger partial charge in [-0.2, -0.15) is 0 Å². The molecule has 0 radical (unpaired) electrons. The predicted molar refractivity (Wildman–Crippen MR) is 135 cm³/mol. The molecule has 1 atom stereocenters. The monoisotopic (exact) mass is 536 g/mol. The molecule has 6 nitrogen and oxygen atoms in total. The van der Waals surface area contributed by atoms with Gasteiger partial charge in [0.25, 0.3) is 0 Å². The third kappa shape index (κ3) is 7.64. The lowest BCUT2D eigenvalue weighted by Gasteiger charge is -2.16. The first-order valence-electron chi connectivity index (χ1n) is 9.74. The lowest BCUT2D eigenvalue weighted by Crippen LogP contribution is -2.40. The van der Waals surface area contributed by atoms with Gasteiger partial charge in [0.15, 0.2) is 11.8 Å². The number of thioether (sulfide) groups is 1. The molecule has 0 spiro atoms. The van der Waals surface area contributed by atoms with E-state index < -0.39 is 0 Å². The van der Waals surface area contributed by atoms with Crippen LogP contribution in [0.25, 0.3) is 0 Å². The Labute approximate surface area is 200 Å². The van der Waals surface area contributed by atoms with E-state index in [1.807, 2.05) is 54.6 Å². The van der Waals surface area contributed by atoms with Gasteiger partial charge in [-0.25, -0.2) is 4.99 Å². The molecule has 1 unspecified atom stereocenters. The molecule has 0 saturated carbocycles. The number of guanidine groups is 1. The molecule has 0 saturated heterocycles. The zero-order valence-electron chi connectivity index (χ0n) is 17.6. The van der Waals surface area contributed by atoms with E-state index in [1.54, 1.807) is 0 Å². The number of nitrogens with zero attached hydrogens (tertiary/aromatic N) is 4. The summed E-state index contributed by atoms with van der Waals surface area (Å²) in [6.07, 6.45) is 0. The van der Waals surface area contributed by atoms with E-state index in [9.17, 15) is 0 Å². The van der Waals surface area contributed by atoms with Gasteiger partial charge in [0.1, 0.15) is 5.82 Å². The summed E-state index contributed by atoms with van der Waals surface area (Å²) in [7, 11) is 1.97. The van der Waals surface area contributed by atoms with Gasteiger partial charge in [0.05, 0.1) is 13.1 Å². The Bertz CT molecular complexity index is 914. The molecule has 2 aromatic carbocycles. The van der Waals surface area contributed by atoms with Gasteiger partial charge in [0.2, 0.25) is 0 Å². The number of rotatable bonds is 8. The first-order valence-corrected chi connectivity index (χ1v) is 10.6. The molecule has 1 aromatic heterocycles. The summed E-state index contributed by atoms with van der Waals surface area (Å²) in [6, 6.07) is 20.7. The zero-order valence-corrected chi connectivity index (χ0v) is 20.7. The summed E-state index contributed by atoms with van der Waals surface area (Å²) in [5, 5.41) is 15.6. The predicted octanol–water partition coefficient (Wildman–Crippen LogP) is 4.16. The topological polar surface area (TPSA) is 67.1 Å². The molecule has 0 amide bonds. The van der Waals surface area contributed by atoms with Crippen LogP contribution in [0.4, 0.5) is 0 Å². The third-order valence-corrected chi connectivity index (χ3v) is 5.61. The van der Waals surface area contributed by atoms with Crippen LogP contribution in [0.3, 0.4) is 0 Å². The molecule has 8 heteroatoms. The maximum absolute atomic E-state index is 4.75. The van der Waals surface area contributed by atoms with Crippen molar-refractivity contribution >= 4 is 41.7 Å². The van der Waals surface area contributed by atoms with Crippen molar-refractivity contribution in [3.05, 3.63) is 77.9 Å². The highest BCUT2D eigenvalue weighted by molar-refractivity contribution is 14.0. The first-order chi connectivity index (χ1) is 14.1. The number of benzene rings is 2. The standard InChI is InChI=1S/C22H28N6S.HI/c1-17(29-20-12-8-5-9-13-20)14-23-22(24-15-19-10-6-4-7-11-19)25-16-21-27-26-18(2)28(21)3;/h4-13,17H,14-16H2,1-3H3,(H2,23,24,25);1H. The highest BCUT2D eigenvalue weighted by Crippen LogP contribution is 2.21. The van der Waals surface area contributed by atoms with Crippen molar-refractivity contribution in [1.29, 1.82) is 0 Å². The fourth-order valence-corrected chi connectivity index (χ4v) is 3.65. The second-order valence-electron chi connectivity index (χ2n) is 6.85. The molecular weight excluding hydrogens is 507 g/mol. The van der Waals surface area contributed by atoms with Crippen LogP contribution < -0.4 is 10.6 Å². The van der Waals surface area contributed by atoms with E-state index in [-0.39, 0.29) is 24.0 Å². The molecule has 0 aliphatic carbocycles. The van der Waals surface area contributed by atoms with Crippen molar-refractivity contribution in [2.75, 3.05) is 6.54 Å². The molecule has 2 N–H and O–H groups in total. The quantitative estimate of drug-likeness (QED) is 0.196. The lowest BCUT2D eigenvalue weighted by molar-refractivity contribution is 0.712. The van der Waals surface area contributed by atoms with Gasteiger partial charge in [-0.3, -0.25) is 0 Å². The normalized spacial score (nSPS) is 12.2. The minimum absolute atomic E-state index is 0. The van der Waals surface area contributed by atoms with Gasteiger partial charge in [-0.15, -0.1) is 45.9 Å². The van der Waals surface area contributed by atoms with Gasteiger partial charge in [0, 0.05) is 23.7 Å². The number of halogens is 1. The maximum Gasteiger partial charge on any atom is 0.192 e. The minimum atomic E-state index is 0. The summed E-state index contributed by atoms with van der Waals surface area (Å²) in [5.74, 6) is 2.55. The van der Waals surface area contributed by atoms with Crippen LogP contribution in [-0.4, -0.2) is 32.5 Å². The third-order valence-electron chi connectivity index (χ3n) is 4.50. The Balaban J connectivity index is 0.00000320. The van der Waals surface area contributed by atoms with E-state index in [4.69, 9.17) is 4.99 Å². The maximum atomic E-state index is 4.75. The van der Waals surface area contributed by atoms with E-state index >= 15 is 0 Å². The van der Waals surface area contributed by atoms with Crippen LogP contribution in [0.15, 0.2) is 70.6 Å². The van der Waals surface area contributed by atoms with Crippen LogP contribution in [-0.2, 0) is 20.1 Å². The van der Waals surface area contributed by atoms with Crippen molar-refractivity contribution in [2.45, 2.75) is 37.1 Å². The molecule has 3 rings (SSSR count). The van der Waals surface area contributed by atoms with E-state index in [0.717, 1.165) is 24.2 Å². The van der Waals surface area contributed by atoms with Crippen molar-refractivity contribution < 1.29 is 0 Å². The highest BCUT2D eigenvalue weighted by atomic mass is 127. The van der Waals surface area contributed by atoms with Crippen LogP contribution >= 0.6 is 35.7 Å². The fourth-order valence-electron chi connectivity index (χ4n) is 2.71. The number of nitrogens with one attached hydrogen (secondary N) is 2. The highest BCUT2D eigenvalue weighted by Gasteiger charge is 2.09. The molecular formula is C22H29IN6S. The molecule has 0 aliphatic heterocycles. The van der Waals surface area contributed by atoms with E-state index in [1.165, 1.54) is 10.5 Å². The van der Waals surface area contributed by atoms with Gasteiger partial charge in [-0.05, 0) is 24.6 Å². The van der Waals surface area contributed by atoms with E-state index in [2.05, 4.69) is 64.2 Å². The number of aromatic nitrogens is 3. The molecule has 3 aromatic rings. The lowest BCUT2D eigenvalue weighted by atomic mass is 10.2. The fraction of sp³-hybridized carbons (Fsp3) is 0.318. The van der Waals surface area contributed by atoms with Crippen molar-refractivity contribution in [3.8, 4) is 0 Å². The Morgan fingerprint density at radius 3 is 2.33 bits per heavy atom. The average Bonchev–Trinajstić information content (AvgIpc) is 3.07. The minimum Gasteiger partial charge on any atom is -0.355 e. The van der Waals surface area contributed by atoms with Crippen LogP contribution in [0.1, 0.15) is 24.1 Å². The second-order valence-corrected chi connectivity index (χ2v) is 8.36. The van der Waals surface area contributed by atoms with Gasteiger partial charge < -0.3 is 15.2 Å². The van der Waals surface area contributed by atoms with E-state index in [0.29, 0.717) is 18.3 Å². The molecule has 0 aliphatic rings. The largest absolute Gasteiger partial charge is 0.355 e. The van der Waals surface area contributed by atoms with Gasteiger partial charge in [-0.1, -0.05) is 55.5 Å². The summed E-state index contributed by atoms with van der Waals surface area (Å²) >= 11 is 1.85. The SMILES string of the molecule is Cc1nnc(CNC(=NCc2ccccc2)NCC(C)Sc2ccccc2)n1C.I. The van der Waals surface area contributed by atoms with Crippen molar-refractivity contribution in [1.82, 2.24) is 25.4 Å². The number of aryl methyl sites for hydroxylation is 1. The number of hydrogen-bond donors (Lipinski definition) is 2. The number of hydrogen-bond acceptors (Lipinski definition) is 4. The molecule has 0 bridgehead atoms. The molecule has 30 heavy (non-hydrogen) atoms. The number of aliphatic imine (C=N–C) groups is 1. The Kier molecular flexibility index (Phi) is 10.2. The van der Waals surface area contributed by atoms with Gasteiger partial charge >= 0.3 is 0 Å². The Morgan fingerprint density at radius 1 is 1.03 bits per heavy atom. The van der Waals surface area contributed by atoms with Crippen molar-refractivity contribution in [3.63, 3.8) is 0 Å². The van der Waals surface area contributed by atoms with Crippen LogP contribution in [0.2, 0.25) is 0 Å². The molecule has 1 heterocycles. The summed E-state index contributed by atoms with van der Waals surface area (Å²) in [4.78, 5) is 6.02. The summed E-state index contributed by atoms with van der Waals surface area (Å²) in [6.45, 7) is 6.15. The zero-order chi connectivity index (χ0) is 20.5. The van der Waals surface area contributed by atoms with Crippen LogP contribution in [0.5, 0.6) is 0 Å². The molecule has 160 valence electrons. The Morgan fingerprint density at radius 2 is 1.70 bits per heavy atom. The first kappa shape index (κ1) is 24.2. The Hall–Kier alpha value is -2.07. The molecule has 0 fully saturated rings. The summed E-state index contributed by atoms with van der Waals surface area (Å²) < 4.78 is 1.98. The summed E-state index contributed by atoms with van der Waals surface area (Å²) in [5.41, 5.74) is 1.18. The average molecular weight is 536 g/mol. The van der Waals surface area contributed by atoms with Crippen LogP contribution in [0, 0.1) is 6.92 Å². The van der Waals surface area contributed by atoms with Crippen molar-refractivity contribution in [2.24, 2.45) is 12.0 Å². The second kappa shape index (κ2) is 12.6. The smallest absolute Gasteiger partial charge is 0.192 e.